The van der Waals surface area contributed by atoms with E-state index in [1.165, 1.54) is 11.3 Å². The summed E-state index contributed by atoms with van der Waals surface area (Å²) in [6.07, 6.45) is 7.34. The molecule has 2 rings (SSSR count). The van der Waals surface area contributed by atoms with E-state index in [-0.39, 0.29) is 23.8 Å². The first-order valence-electron chi connectivity index (χ1n) is 11.8. The molecule has 0 spiro atoms. The maximum Gasteiger partial charge on any atom is 0.324 e. The summed E-state index contributed by atoms with van der Waals surface area (Å²) in [5, 5.41) is 11.1. The lowest BCUT2D eigenvalue weighted by molar-refractivity contribution is -0.145. The Labute approximate surface area is 192 Å². The zero-order chi connectivity index (χ0) is 24.5. The highest BCUT2D eigenvalue weighted by atomic mass is 16.5. The Bertz CT molecular complexity index is 661. The molecule has 184 valence electrons. The molecule has 2 saturated heterocycles. The number of likely N-dealkylation sites (N-methyl/N-ethyl adjacent to an activating group) is 1. The van der Waals surface area contributed by atoms with Gasteiger partial charge in [0, 0.05) is 32.0 Å². The highest BCUT2D eigenvalue weighted by Crippen LogP contribution is 2.27. The van der Waals surface area contributed by atoms with E-state index in [2.05, 4.69) is 19.2 Å². The second-order valence-corrected chi connectivity index (χ2v) is 9.62. The van der Waals surface area contributed by atoms with Crippen molar-refractivity contribution in [3.05, 3.63) is 0 Å². The highest BCUT2D eigenvalue weighted by molar-refractivity contribution is 6.06. The zero-order valence-corrected chi connectivity index (χ0v) is 20.6. The number of rotatable bonds is 8. The van der Waals surface area contributed by atoms with E-state index in [0.29, 0.717) is 12.3 Å². The van der Waals surface area contributed by atoms with Crippen LogP contribution in [0.5, 0.6) is 0 Å². The fraction of sp³-hybridized carbons (Fsp3) is 0.826. The first-order valence-corrected chi connectivity index (χ1v) is 11.8. The molecule has 9 nitrogen and oxygen atoms in total. The average molecular weight is 455 g/mol. The van der Waals surface area contributed by atoms with Crippen molar-refractivity contribution in [3.63, 3.8) is 0 Å². The van der Waals surface area contributed by atoms with Crippen molar-refractivity contribution < 1.29 is 24.4 Å². The van der Waals surface area contributed by atoms with Gasteiger partial charge in [0.25, 0.3) is 5.91 Å². The molecular formula is C23H42N4O5. The maximum atomic E-state index is 12.8. The number of hydrogen-bond donors (Lipinski definition) is 3. The van der Waals surface area contributed by atoms with Crippen molar-refractivity contribution in [2.75, 3.05) is 20.1 Å². The number of carbonyl (C=O) groups excluding carboxylic acids is 4. The van der Waals surface area contributed by atoms with Crippen LogP contribution in [0, 0.1) is 17.8 Å². The highest BCUT2D eigenvalue weighted by Gasteiger charge is 2.42. The maximum absolute atomic E-state index is 12.8. The topological polar surface area (TPSA) is 119 Å². The predicted molar refractivity (Wildman–Crippen MR) is 122 cm³/mol. The van der Waals surface area contributed by atoms with E-state index in [1.54, 1.807) is 33.3 Å². The predicted octanol–water partition coefficient (Wildman–Crippen LogP) is 2.92. The van der Waals surface area contributed by atoms with Crippen molar-refractivity contribution in [1.29, 1.82) is 0 Å². The molecule has 0 aromatic heterocycles. The van der Waals surface area contributed by atoms with Crippen LogP contribution in [-0.2, 0) is 14.4 Å². The Hall–Kier alpha value is -2.16. The van der Waals surface area contributed by atoms with Crippen molar-refractivity contribution in [2.24, 2.45) is 17.8 Å². The third kappa shape index (κ3) is 7.46. The molecule has 0 aromatic rings. The second-order valence-electron chi connectivity index (χ2n) is 9.62. The van der Waals surface area contributed by atoms with Crippen LogP contribution in [0.15, 0.2) is 0 Å². The van der Waals surface area contributed by atoms with Crippen LogP contribution in [0.4, 0.5) is 4.79 Å². The molecule has 3 N–H and O–H groups in total. The largest absolute Gasteiger partial charge is 0.342 e. The lowest BCUT2D eigenvalue weighted by Crippen LogP contribution is -2.45. The fourth-order valence-corrected chi connectivity index (χ4v) is 4.00. The lowest BCUT2D eigenvalue weighted by atomic mass is 9.82. The molecule has 3 atom stereocenters. The van der Waals surface area contributed by atoms with Crippen LogP contribution in [0.25, 0.3) is 0 Å². The molecule has 0 aromatic carbocycles. The van der Waals surface area contributed by atoms with E-state index in [4.69, 9.17) is 5.21 Å². The van der Waals surface area contributed by atoms with E-state index < -0.39 is 17.4 Å². The Kier molecular flexibility index (Phi) is 11.1. The summed E-state index contributed by atoms with van der Waals surface area (Å²) in [5.74, 6) is -1.04. The van der Waals surface area contributed by atoms with Crippen LogP contribution in [-0.4, -0.2) is 64.4 Å². The monoisotopic (exact) mass is 454 g/mol. The van der Waals surface area contributed by atoms with Gasteiger partial charge >= 0.3 is 6.03 Å². The van der Waals surface area contributed by atoms with Gasteiger partial charge < -0.3 is 9.80 Å². The van der Waals surface area contributed by atoms with Gasteiger partial charge in [-0.25, -0.2) is 10.3 Å². The molecule has 2 aliphatic heterocycles. The van der Waals surface area contributed by atoms with Gasteiger partial charge in [-0.15, -0.1) is 0 Å². The number of imide groups is 1. The Morgan fingerprint density at radius 3 is 2.16 bits per heavy atom. The number of piperidine rings is 1. The summed E-state index contributed by atoms with van der Waals surface area (Å²) in [6.45, 7) is 11.0. The molecule has 2 heterocycles. The molecule has 2 fully saturated rings. The number of carbonyl (C=O) groups is 4. The third-order valence-electron chi connectivity index (χ3n) is 6.74. The number of likely N-dealkylation sites (tertiary alicyclic amines) is 1. The van der Waals surface area contributed by atoms with Gasteiger partial charge in [-0.2, -0.15) is 0 Å². The quantitative estimate of drug-likeness (QED) is 0.296. The van der Waals surface area contributed by atoms with Crippen molar-refractivity contribution >= 4 is 23.8 Å². The number of hydroxylamine groups is 1. The zero-order valence-electron chi connectivity index (χ0n) is 20.6. The number of nitrogens with one attached hydrogen (secondary N) is 2. The number of unbranched alkanes of at least 4 members (excludes halogenated alkanes) is 1. The van der Waals surface area contributed by atoms with Crippen molar-refractivity contribution in [1.82, 2.24) is 20.6 Å². The van der Waals surface area contributed by atoms with E-state index >= 15 is 0 Å². The molecule has 0 saturated carbocycles. The SMILES string of the molecule is CCCCC(C)CC(C(=O)N1CCCCC1)C(C)C(=O)NO.CN1C(=O)NC(=O)C1(C)C. The van der Waals surface area contributed by atoms with Gasteiger partial charge in [-0.05, 0) is 45.4 Å². The molecule has 5 amide bonds. The van der Waals surface area contributed by atoms with E-state index in [0.717, 1.165) is 45.2 Å². The number of amides is 5. The average Bonchev–Trinajstić information content (AvgIpc) is 2.96. The minimum absolute atomic E-state index is 0.0825. The minimum atomic E-state index is -0.683. The van der Waals surface area contributed by atoms with Crippen molar-refractivity contribution in [3.8, 4) is 0 Å². The molecule has 3 unspecified atom stereocenters. The van der Waals surface area contributed by atoms with E-state index in [9.17, 15) is 19.2 Å². The van der Waals surface area contributed by atoms with Crippen molar-refractivity contribution in [2.45, 2.75) is 85.1 Å². The van der Waals surface area contributed by atoms with Crippen LogP contribution < -0.4 is 10.8 Å². The van der Waals surface area contributed by atoms with Gasteiger partial charge in [-0.3, -0.25) is 24.9 Å². The van der Waals surface area contributed by atoms with E-state index in [1.807, 2.05) is 4.90 Å². The Morgan fingerprint density at radius 2 is 1.75 bits per heavy atom. The molecule has 2 aliphatic rings. The summed E-state index contributed by atoms with van der Waals surface area (Å²) in [7, 11) is 1.60. The van der Waals surface area contributed by atoms with Crippen LogP contribution >= 0.6 is 0 Å². The number of urea groups is 1. The molecule has 0 radical (unpaired) electrons. The van der Waals surface area contributed by atoms with Gasteiger partial charge in [0.05, 0.1) is 0 Å². The number of nitrogens with zero attached hydrogens (tertiary/aromatic N) is 2. The second kappa shape index (κ2) is 12.8. The fourth-order valence-electron chi connectivity index (χ4n) is 4.00. The molecule has 0 bridgehead atoms. The first-order chi connectivity index (χ1) is 15.0. The van der Waals surface area contributed by atoms with Gasteiger partial charge in [0.2, 0.25) is 11.8 Å². The number of hydrogen-bond acceptors (Lipinski definition) is 5. The summed E-state index contributed by atoms with van der Waals surface area (Å²) >= 11 is 0. The summed E-state index contributed by atoms with van der Waals surface area (Å²) < 4.78 is 0. The molecular weight excluding hydrogens is 412 g/mol. The third-order valence-corrected chi connectivity index (χ3v) is 6.74. The normalized spacial score (nSPS) is 20.6. The molecule has 0 aliphatic carbocycles. The summed E-state index contributed by atoms with van der Waals surface area (Å²) in [5.41, 5.74) is 1.03. The standard InChI is InChI=1S/C17H32N2O3.C6H10N2O2/c1-4-5-9-13(2)12-15(14(3)16(20)18-22)17(21)19-10-7-6-8-11-19;1-6(2)4(9)7-5(10)8(6)3/h13-15,22H,4-12H2,1-3H3,(H,18,20);1-3H3,(H,7,9,10). The van der Waals surface area contributed by atoms with Crippen LogP contribution in [0.3, 0.4) is 0 Å². The lowest BCUT2D eigenvalue weighted by Gasteiger charge is -2.33. The molecule has 32 heavy (non-hydrogen) atoms. The van der Waals surface area contributed by atoms with Gasteiger partial charge in [0.15, 0.2) is 0 Å². The summed E-state index contributed by atoms with van der Waals surface area (Å²) in [4.78, 5) is 49.7. The first kappa shape index (κ1) is 27.9. The molecule has 9 heteroatoms. The van der Waals surface area contributed by atoms with Gasteiger partial charge in [-0.1, -0.05) is 40.0 Å². The van der Waals surface area contributed by atoms with Crippen LogP contribution in [0.2, 0.25) is 0 Å². The van der Waals surface area contributed by atoms with Gasteiger partial charge in [0.1, 0.15) is 5.54 Å². The minimum Gasteiger partial charge on any atom is -0.342 e. The van der Waals surface area contributed by atoms with Crippen LogP contribution in [0.1, 0.15) is 79.6 Å². The summed E-state index contributed by atoms with van der Waals surface area (Å²) in [6, 6.07) is -0.324. The smallest absolute Gasteiger partial charge is 0.324 e. The Morgan fingerprint density at radius 1 is 1.16 bits per heavy atom. The Balaban J connectivity index is 0.000000425.